The Kier molecular flexibility index (Phi) is 5.87. The Hall–Kier alpha value is -1.70. The van der Waals surface area contributed by atoms with Crippen LogP contribution in [-0.2, 0) is 9.53 Å². The molecule has 0 aliphatic heterocycles. The van der Waals surface area contributed by atoms with Crippen LogP contribution in [0.25, 0.3) is 10.9 Å². The van der Waals surface area contributed by atoms with Gasteiger partial charge in [-0.25, -0.2) is 4.85 Å². The highest BCUT2D eigenvalue weighted by Crippen LogP contribution is 2.31. The molecule has 6 heteroatoms. The minimum Gasteiger partial charge on any atom is -0.870 e. The normalized spacial score (nSPS) is 11.3. The second-order valence-electron chi connectivity index (χ2n) is 4.45. The summed E-state index contributed by atoms with van der Waals surface area (Å²) in [6.07, 6.45) is 1.28. The van der Waals surface area contributed by atoms with E-state index in [-0.39, 0.29) is 28.3 Å². The van der Waals surface area contributed by atoms with Crippen LogP contribution in [0.5, 0.6) is 5.75 Å². The first-order valence-electron chi connectivity index (χ1n) is 5.77. The number of hydrogen-bond acceptors (Lipinski definition) is 3. The van der Waals surface area contributed by atoms with Crippen LogP contribution in [0.2, 0.25) is 10.0 Å². The van der Waals surface area contributed by atoms with E-state index in [1.165, 1.54) is 18.2 Å². The molecule has 1 aromatic carbocycles. The molecule has 4 nitrogen and oxygen atoms in total. The number of halogens is 2. The van der Waals surface area contributed by atoms with Gasteiger partial charge in [0.05, 0.1) is 13.2 Å². The van der Waals surface area contributed by atoms with E-state index in [1.54, 1.807) is 0 Å². The van der Waals surface area contributed by atoms with Gasteiger partial charge in [0.25, 0.3) is 5.70 Å². The summed E-state index contributed by atoms with van der Waals surface area (Å²) < 4.78 is 4.96. The van der Waals surface area contributed by atoms with Gasteiger partial charge in [-0.05, 0) is 29.7 Å². The molecule has 0 heterocycles. The highest BCUT2D eigenvalue weighted by Gasteiger charge is 2.12. The van der Waals surface area contributed by atoms with Gasteiger partial charge in [-0.15, -0.1) is 0 Å². The summed E-state index contributed by atoms with van der Waals surface area (Å²) in [6.45, 7) is 11.0. The van der Waals surface area contributed by atoms with Crippen LogP contribution < -0.4 is 5.11 Å². The van der Waals surface area contributed by atoms with Crippen LogP contribution in [0.3, 0.4) is 0 Å². The van der Waals surface area contributed by atoms with Crippen molar-refractivity contribution in [3.05, 3.63) is 44.9 Å². The van der Waals surface area contributed by atoms with E-state index in [4.69, 9.17) is 34.5 Å². The van der Waals surface area contributed by atoms with Crippen LogP contribution in [-0.4, -0.2) is 12.6 Å². The molecule has 0 saturated heterocycles. The number of esters is 1. The number of ether oxygens (including phenoxy) is 1. The first kappa shape index (κ1) is 16.4. The van der Waals surface area contributed by atoms with Gasteiger partial charge >= 0.3 is 5.97 Å². The van der Waals surface area contributed by atoms with Gasteiger partial charge in [0.2, 0.25) is 0 Å². The maximum absolute atomic E-state index is 11.7. The second-order valence-corrected chi connectivity index (χ2v) is 5.26. The lowest BCUT2D eigenvalue weighted by Crippen LogP contribution is -2.10. The molecule has 1 aromatic rings. The van der Waals surface area contributed by atoms with Gasteiger partial charge in [0.1, 0.15) is 0 Å². The maximum Gasteiger partial charge on any atom is 0.336 e. The molecule has 0 radical (unpaired) electrons. The molecule has 0 spiro atoms. The van der Waals surface area contributed by atoms with Gasteiger partial charge < -0.3 is 9.84 Å². The lowest BCUT2D eigenvalue weighted by atomic mass is 10.2. The molecule has 0 amide bonds. The lowest BCUT2D eigenvalue weighted by Gasteiger charge is -2.12. The smallest absolute Gasteiger partial charge is 0.336 e. The molecule has 0 unspecified atom stereocenters. The zero-order valence-corrected chi connectivity index (χ0v) is 12.5. The fraction of sp³-hybridized carbons (Fsp3) is 0.286. The highest BCUT2D eigenvalue weighted by molar-refractivity contribution is 6.37. The minimum atomic E-state index is -0.716. The number of hydrogen-bond donors (Lipinski definition) is 0. The van der Waals surface area contributed by atoms with Gasteiger partial charge in [0, 0.05) is 10.0 Å². The zero-order chi connectivity index (χ0) is 15.3. The van der Waals surface area contributed by atoms with Crippen LogP contribution in [0.15, 0.2) is 17.8 Å². The molecule has 20 heavy (non-hydrogen) atoms. The van der Waals surface area contributed by atoms with Crippen LogP contribution in [0.4, 0.5) is 0 Å². The van der Waals surface area contributed by atoms with Crippen molar-refractivity contribution in [3.8, 4) is 5.75 Å². The Morgan fingerprint density at radius 3 is 2.45 bits per heavy atom. The number of nitrogens with zero attached hydrogens (tertiary/aromatic N) is 1. The number of rotatable bonds is 4. The van der Waals surface area contributed by atoms with Gasteiger partial charge in [-0.2, -0.15) is 0 Å². The van der Waals surface area contributed by atoms with Crippen molar-refractivity contribution < 1.29 is 14.6 Å². The maximum atomic E-state index is 11.7. The molecular formula is C14H12Cl2NO3-. The standard InChI is InChI=1S/C14H13Cl2NO3/c1-8(2)7-20-14(19)12(17-3)6-9-4-10(15)13(18)11(16)5-9/h4-6,8,18H,7H2,1-2H3/p-1. The van der Waals surface area contributed by atoms with Crippen LogP contribution in [0.1, 0.15) is 19.4 Å². The summed E-state index contributed by atoms with van der Waals surface area (Å²) in [7, 11) is 0. The Balaban J connectivity index is 3.01. The molecule has 0 saturated carbocycles. The first-order chi connectivity index (χ1) is 9.35. The fourth-order valence-electron chi connectivity index (χ4n) is 1.27. The molecular weight excluding hydrogens is 301 g/mol. The van der Waals surface area contributed by atoms with Gasteiger partial charge in [-0.3, -0.25) is 4.79 Å². The molecule has 0 aromatic heterocycles. The number of carbonyl (C=O) groups is 1. The third-order valence-corrected chi connectivity index (χ3v) is 2.76. The third kappa shape index (κ3) is 4.44. The fourth-order valence-corrected chi connectivity index (χ4v) is 1.78. The monoisotopic (exact) mass is 312 g/mol. The molecule has 0 bridgehead atoms. The Labute approximate surface area is 127 Å². The van der Waals surface area contributed by atoms with E-state index >= 15 is 0 Å². The van der Waals surface area contributed by atoms with E-state index in [2.05, 4.69) is 4.85 Å². The molecule has 0 fully saturated rings. The SMILES string of the molecule is [C-]#[N+]C(=Cc1cc(Cl)c([O-])c(Cl)c1)C(=O)OCC(C)C. The minimum absolute atomic E-state index is 0.0661. The predicted molar refractivity (Wildman–Crippen MR) is 76.3 cm³/mol. The lowest BCUT2D eigenvalue weighted by molar-refractivity contribution is -0.268. The van der Waals surface area contributed by atoms with Crippen molar-refractivity contribution in [2.24, 2.45) is 5.92 Å². The van der Waals surface area contributed by atoms with Gasteiger partial charge in [-0.1, -0.05) is 42.8 Å². The topological polar surface area (TPSA) is 53.7 Å². The quantitative estimate of drug-likeness (QED) is 0.485. The number of benzene rings is 1. The molecule has 0 aliphatic carbocycles. The van der Waals surface area contributed by atoms with E-state index < -0.39 is 11.7 Å². The van der Waals surface area contributed by atoms with E-state index in [9.17, 15) is 9.90 Å². The molecule has 0 atom stereocenters. The highest BCUT2D eigenvalue weighted by atomic mass is 35.5. The Bertz CT molecular complexity index is 566. The van der Waals surface area contributed by atoms with Crippen molar-refractivity contribution >= 4 is 35.2 Å². The van der Waals surface area contributed by atoms with E-state index in [0.29, 0.717) is 5.56 Å². The summed E-state index contributed by atoms with van der Waals surface area (Å²) in [5.74, 6) is -1.03. The first-order valence-corrected chi connectivity index (χ1v) is 6.53. The third-order valence-electron chi connectivity index (χ3n) is 2.20. The Morgan fingerprint density at radius 2 is 2.00 bits per heavy atom. The summed E-state index contributed by atoms with van der Waals surface area (Å²) in [5, 5.41) is 11.2. The second kappa shape index (κ2) is 7.18. The summed E-state index contributed by atoms with van der Waals surface area (Å²) in [6, 6.07) is 2.69. The summed E-state index contributed by atoms with van der Waals surface area (Å²) in [5.41, 5.74) is 0.198. The van der Waals surface area contributed by atoms with Crippen molar-refractivity contribution in [1.29, 1.82) is 0 Å². The van der Waals surface area contributed by atoms with Crippen LogP contribution >= 0.6 is 23.2 Å². The van der Waals surface area contributed by atoms with Crippen molar-refractivity contribution in [1.82, 2.24) is 0 Å². The zero-order valence-electron chi connectivity index (χ0n) is 10.9. The average Bonchev–Trinajstić information content (AvgIpc) is 2.39. The average molecular weight is 313 g/mol. The summed E-state index contributed by atoms with van der Waals surface area (Å²) >= 11 is 11.4. The Morgan fingerprint density at radius 1 is 1.45 bits per heavy atom. The molecule has 1 rings (SSSR count). The van der Waals surface area contributed by atoms with Crippen molar-refractivity contribution in [2.75, 3.05) is 6.61 Å². The molecule has 0 N–H and O–H groups in total. The van der Waals surface area contributed by atoms with Crippen LogP contribution in [0, 0.1) is 12.5 Å². The molecule has 106 valence electrons. The molecule has 0 aliphatic rings. The van der Waals surface area contributed by atoms with Gasteiger partial charge in [0.15, 0.2) is 0 Å². The van der Waals surface area contributed by atoms with Crippen molar-refractivity contribution in [2.45, 2.75) is 13.8 Å². The van der Waals surface area contributed by atoms with Crippen molar-refractivity contribution in [3.63, 3.8) is 0 Å². The predicted octanol–water partition coefficient (Wildman–Crippen LogP) is 3.53. The van der Waals surface area contributed by atoms with E-state index in [0.717, 1.165) is 0 Å². The summed E-state index contributed by atoms with van der Waals surface area (Å²) in [4.78, 5) is 14.8. The number of carbonyl (C=O) groups excluding carboxylic acids is 1. The van der Waals surface area contributed by atoms with E-state index in [1.807, 2.05) is 13.8 Å². The largest absolute Gasteiger partial charge is 0.870 e.